The van der Waals surface area contributed by atoms with Crippen LogP contribution < -0.4 is 0 Å². The van der Waals surface area contributed by atoms with Crippen molar-refractivity contribution in [2.45, 2.75) is 213 Å². The first-order chi connectivity index (χ1) is 28.5. The fourth-order valence-electron chi connectivity index (χ4n) is 19.6. The molecule has 0 N–H and O–H groups in total. The van der Waals surface area contributed by atoms with Crippen molar-refractivity contribution in [3.63, 3.8) is 0 Å². The first-order valence-corrected chi connectivity index (χ1v) is 28.2. The van der Waals surface area contributed by atoms with Crippen LogP contribution in [0, 0.1) is 176 Å². The van der Waals surface area contributed by atoms with Crippen molar-refractivity contribution in [1.29, 1.82) is 0 Å². The quantitative estimate of drug-likeness (QED) is 0.213. The molecule has 63 heavy (non-hydrogen) atoms. The third-order valence-electron chi connectivity index (χ3n) is 20.2. The summed E-state index contributed by atoms with van der Waals surface area (Å²) in [4.78, 5) is 0. The Kier molecular flexibility index (Phi) is 17.6. The smallest absolute Gasteiger partial charge is 0.0161 e. The van der Waals surface area contributed by atoms with Crippen LogP contribution in [0.5, 0.6) is 0 Å². The second-order valence-corrected chi connectivity index (χ2v) is 31.1. The van der Waals surface area contributed by atoms with Crippen molar-refractivity contribution in [3.8, 4) is 0 Å². The minimum Gasteiger partial charge on any atom is -0.0845 e. The Morgan fingerprint density at radius 2 is 0.508 bits per heavy atom. The molecule has 8 aliphatic rings. The Bertz CT molecular complexity index is 1310. The summed E-state index contributed by atoms with van der Waals surface area (Å²) in [5, 5.41) is 0. The lowest BCUT2D eigenvalue weighted by Crippen LogP contribution is -2.59. The molecule has 0 heterocycles. The van der Waals surface area contributed by atoms with Gasteiger partial charge < -0.3 is 0 Å². The topological polar surface area (TPSA) is 0 Å². The average molecular weight is 876 g/mol. The minimum atomic E-state index is 0.397. The lowest BCUT2D eigenvalue weighted by Gasteiger charge is -2.65. The molecule has 0 saturated heterocycles. The normalized spacial score (nSPS) is 40.3. The molecule has 0 nitrogen and oxygen atoms in total. The number of fused-ring (bicyclic) bond motifs is 7. The molecule has 12 atom stereocenters. The summed E-state index contributed by atoms with van der Waals surface area (Å²) in [6.45, 7) is 69.5. The van der Waals surface area contributed by atoms with Gasteiger partial charge in [-0.05, 0) is 195 Å². The fraction of sp³-hybridized carbons (Fsp3) is 0.968. The molecule has 6 fully saturated rings. The lowest BCUT2D eigenvalue weighted by molar-refractivity contribution is -0.170. The second kappa shape index (κ2) is 20.0. The predicted molar refractivity (Wildman–Crippen MR) is 282 cm³/mol. The molecule has 0 radical (unpaired) electrons. The maximum atomic E-state index is 2.62. The van der Waals surface area contributed by atoms with E-state index in [1.807, 2.05) is 0 Å². The van der Waals surface area contributed by atoms with Crippen molar-refractivity contribution in [2.75, 3.05) is 0 Å². The molecule has 0 amide bonds. The fourth-order valence-corrected chi connectivity index (χ4v) is 19.6. The first-order valence-electron chi connectivity index (χ1n) is 28.2. The second-order valence-electron chi connectivity index (χ2n) is 31.1. The van der Waals surface area contributed by atoms with Gasteiger partial charge in [0.2, 0.25) is 0 Å². The molecule has 12 unspecified atom stereocenters. The summed E-state index contributed by atoms with van der Waals surface area (Å²) >= 11 is 0. The molecule has 6 bridgehead atoms. The lowest BCUT2D eigenvalue weighted by atomic mass is 9.40. The van der Waals surface area contributed by atoms with E-state index in [1.54, 1.807) is 0 Å². The van der Waals surface area contributed by atoms with Crippen molar-refractivity contribution >= 4 is 0 Å². The van der Waals surface area contributed by atoms with Crippen LogP contribution in [-0.4, -0.2) is 0 Å². The largest absolute Gasteiger partial charge is 0.0845 e. The van der Waals surface area contributed by atoms with Gasteiger partial charge in [-0.25, -0.2) is 0 Å². The monoisotopic (exact) mass is 875 g/mol. The summed E-state index contributed by atoms with van der Waals surface area (Å²) in [7, 11) is 0. The molecule has 0 aromatic carbocycles. The molecule has 0 aliphatic heterocycles. The molecule has 8 rings (SSSR count). The average Bonchev–Trinajstić information content (AvgIpc) is 3.70. The van der Waals surface area contributed by atoms with Gasteiger partial charge >= 0.3 is 0 Å². The van der Waals surface area contributed by atoms with Gasteiger partial charge in [-0.2, -0.15) is 0 Å². The molecular formula is C63H118. The van der Waals surface area contributed by atoms with E-state index in [0.29, 0.717) is 21.7 Å². The highest BCUT2D eigenvalue weighted by Gasteiger charge is 2.62. The van der Waals surface area contributed by atoms with Crippen LogP contribution in [-0.2, 0) is 0 Å². The van der Waals surface area contributed by atoms with Gasteiger partial charge in [0.15, 0.2) is 0 Å². The van der Waals surface area contributed by atoms with Gasteiger partial charge in [0.1, 0.15) is 0 Å². The zero-order chi connectivity index (χ0) is 48.5. The standard InChI is InChI=1S/C22H42.C22H40.C19H36/c2*1-13(2)17-15-11-12-16(19(17)21(5,6)7)20(22(8,9)10)18(15)14(3)4;1-10(2)16-14-9-15(17(16)11(3)4)19(13(7)8)18(14)12(5)6/h13-20H,11-12H2,1-10H3;11-20H,1-10H3;10-19H,9H2,1-8H3. The van der Waals surface area contributed by atoms with E-state index in [0.717, 1.165) is 154 Å². The SMILES string of the molecule is CC(C)C1C2C=CC(C1C(C)(C)C)C(C(C)(C)C)C2C(C)C.CC(C)C1C2CC(C1C(C)C)C(C(C)C)C2C(C)C.CC(C)C1C2CCC(C1C(C)(C)C)C(C(C)(C)C)C2C(C)C. The van der Waals surface area contributed by atoms with E-state index in [-0.39, 0.29) is 0 Å². The highest BCUT2D eigenvalue weighted by Crippen LogP contribution is 2.68. The predicted octanol–water partition coefficient (Wildman–Crippen LogP) is 19.3. The van der Waals surface area contributed by atoms with Crippen LogP contribution in [0.15, 0.2) is 12.2 Å². The molecule has 8 aliphatic carbocycles. The molecule has 0 spiro atoms. The van der Waals surface area contributed by atoms with E-state index >= 15 is 0 Å². The van der Waals surface area contributed by atoms with Crippen molar-refractivity contribution in [1.82, 2.24) is 0 Å². The van der Waals surface area contributed by atoms with Gasteiger partial charge in [0.25, 0.3) is 0 Å². The van der Waals surface area contributed by atoms with Crippen molar-refractivity contribution < 1.29 is 0 Å². The molecule has 0 heteroatoms. The van der Waals surface area contributed by atoms with E-state index in [2.05, 4.69) is 206 Å². The Balaban J connectivity index is 0.000000208. The summed E-state index contributed by atoms with van der Waals surface area (Å²) < 4.78 is 0. The van der Waals surface area contributed by atoms with Crippen LogP contribution in [0.25, 0.3) is 0 Å². The van der Waals surface area contributed by atoms with E-state index < -0.39 is 0 Å². The van der Waals surface area contributed by atoms with Gasteiger partial charge in [-0.15, -0.1) is 0 Å². The molecule has 6 saturated carbocycles. The summed E-state index contributed by atoms with van der Waals surface area (Å²) in [5.74, 6) is 23.2. The highest BCUT2D eigenvalue weighted by atomic mass is 14.7. The Hall–Kier alpha value is -0.260. The van der Waals surface area contributed by atoms with Crippen molar-refractivity contribution in [2.24, 2.45) is 176 Å². The van der Waals surface area contributed by atoms with E-state index in [4.69, 9.17) is 0 Å². The van der Waals surface area contributed by atoms with E-state index in [9.17, 15) is 0 Å². The zero-order valence-electron chi connectivity index (χ0n) is 48.3. The molecule has 370 valence electrons. The number of rotatable bonds is 8. The Labute approximate surface area is 399 Å². The van der Waals surface area contributed by atoms with Crippen LogP contribution in [0.4, 0.5) is 0 Å². The highest BCUT2D eigenvalue weighted by molar-refractivity contribution is 5.19. The minimum absolute atomic E-state index is 0.397. The third kappa shape index (κ3) is 11.0. The third-order valence-corrected chi connectivity index (χ3v) is 20.2. The van der Waals surface area contributed by atoms with Crippen LogP contribution >= 0.6 is 0 Å². The molecular weight excluding hydrogens is 757 g/mol. The van der Waals surface area contributed by atoms with Gasteiger partial charge in [-0.3, -0.25) is 0 Å². The van der Waals surface area contributed by atoms with Crippen LogP contribution in [0.2, 0.25) is 0 Å². The summed E-state index contributed by atoms with van der Waals surface area (Å²) in [6, 6.07) is 0. The van der Waals surface area contributed by atoms with Crippen LogP contribution in [0.3, 0.4) is 0 Å². The molecule has 0 aromatic heterocycles. The van der Waals surface area contributed by atoms with Crippen molar-refractivity contribution in [3.05, 3.63) is 12.2 Å². The Morgan fingerprint density at radius 3 is 0.746 bits per heavy atom. The van der Waals surface area contributed by atoms with Gasteiger partial charge in [0.05, 0.1) is 0 Å². The number of hydrogen-bond donors (Lipinski definition) is 0. The number of allylic oxidation sites excluding steroid dienone is 2. The maximum Gasteiger partial charge on any atom is -0.0161 e. The van der Waals surface area contributed by atoms with Gasteiger partial charge in [0, 0.05) is 0 Å². The zero-order valence-corrected chi connectivity index (χ0v) is 48.3. The first kappa shape index (κ1) is 55.3. The van der Waals surface area contributed by atoms with Gasteiger partial charge in [-0.1, -0.05) is 206 Å². The summed E-state index contributed by atoms with van der Waals surface area (Å²) in [6.07, 6.45) is 9.76. The van der Waals surface area contributed by atoms with E-state index in [1.165, 1.54) is 19.3 Å². The number of hydrogen-bond acceptors (Lipinski definition) is 0. The maximum absolute atomic E-state index is 2.62. The Morgan fingerprint density at radius 1 is 0.270 bits per heavy atom. The van der Waals surface area contributed by atoms with Crippen LogP contribution in [0.1, 0.15) is 213 Å². The summed E-state index contributed by atoms with van der Waals surface area (Å²) in [5.41, 5.74) is 1.69. The molecule has 0 aromatic rings.